The molecular weight excluding hydrogens is 1110 g/mol. The highest BCUT2D eigenvalue weighted by molar-refractivity contribution is 5.89. The van der Waals surface area contributed by atoms with Crippen LogP contribution in [-0.4, -0.2) is 167 Å². The van der Waals surface area contributed by atoms with E-state index >= 15 is 0 Å². The van der Waals surface area contributed by atoms with E-state index in [1.54, 1.807) is 12.1 Å². The first kappa shape index (κ1) is 76.5. The molecule has 23 nitrogen and oxygen atoms in total. The van der Waals surface area contributed by atoms with Crippen molar-refractivity contribution >= 4 is 53.0 Å². The van der Waals surface area contributed by atoms with Crippen LogP contribution in [0.3, 0.4) is 0 Å². The van der Waals surface area contributed by atoms with Gasteiger partial charge in [0.1, 0.15) is 19.0 Å². The number of carbonyl (C=O) groups is 9. The molecule has 488 valence electrons. The maximum absolute atomic E-state index is 13.1. The molecule has 86 heavy (non-hydrogen) atoms. The number of nitrogens with two attached hydrogens (primary N) is 1. The number of phenolic OH excluding ortho intramolecular Hbond substituents is 1. The van der Waals surface area contributed by atoms with E-state index in [9.17, 15) is 48.3 Å². The lowest BCUT2D eigenvalue weighted by Crippen LogP contribution is -2.48. The molecule has 6 amide bonds. The van der Waals surface area contributed by atoms with E-state index in [0.717, 1.165) is 56.9 Å². The van der Waals surface area contributed by atoms with E-state index < -0.39 is 30.0 Å². The molecule has 1 aromatic carbocycles. The lowest BCUT2D eigenvalue weighted by atomic mass is 9.81. The average molecular weight is 1220 g/mol. The van der Waals surface area contributed by atoms with E-state index in [1.165, 1.54) is 83.3 Å². The van der Waals surface area contributed by atoms with Gasteiger partial charge in [0.2, 0.25) is 35.4 Å². The fraction of sp³-hybridized carbons (Fsp3) is 0.746. The first-order valence-electron chi connectivity index (χ1n) is 31.8. The van der Waals surface area contributed by atoms with Gasteiger partial charge in [-0.2, -0.15) is 0 Å². The van der Waals surface area contributed by atoms with E-state index in [1.807, 2.05) is 0 Å². The summed E-state index contributed by atoms with van der Waals surface area (Å²) in [6.07, 6.45) is 24.7. The maximum atomic E-state index is 13.1. The second kappa shape index (κ2) is 50.4. The van der Waals surface area contributed by atoms with Gasteiger partial charge in [0.25, 0.3) is 0 Å². The number of rotatable bonds is 56. The summed E-state index contributed by atoms with van der Waals surface area (Å²) in [6.45, 7) is 3.59. The van der Waals surface area contributed by atoms with Crippen LogP contribution in [0.2, 0.25) is 0 Å². The number of aromatic hydroxyl groups is 1. The molecule has 0 bridgehead atoms. The number of aliphatic carboxylic acids is 1. The van der Waals surface area contributed by atoms with Gasteiger partial charge in [-0.15, -0.1) is 0 Å². The van der Waals surface area contributed by atoms with Crippen LogP contribution in [0.4, 0.5) is 0 Å². The van der Waals surface area contributed by atoms with Crippen molar-refractivity contribution in [2.45, 2.75) is 205 Å². The van der Waals surface area contributed by atoms with E-state index in [-0.39, 0.29) is 145 Å². The average Bonchev–Trinajstić information content (AvgIpc) is 3.70. The third-order valence-electron chi connectivity index (χ3n) is 15.2. The number of Topliss-reactive ketones (excluding diaryl/α,β-unsaturated/α-hetero) is 2. The zero-order valence-corrected chi connectivity index (χ0v) is 51.5. The minimum Gasteiger partial charge on any atom is -0.508 e. The predicted octanol–water partition coefficient (Wildman–Crippen LogP) is 5.04. The number of hydrogen-bond donors (Lipinski definition) is 10. The summed E-state index contributed by atoms with van der Waals surface area (Å²) >= 11 is 0. The molecule has 3 atom stereocenters. The van der Waals surface area contributed by atoms with Crippen molar-refractivity contribution in [3.63, 3.8) is 0 Å². The largest absolute Gasteiger partial charge is 0.508 e. The molecule has 1 saturated carbocycles. The second-order valence-electron chi connectivity index (χ2n) is 22.6. The van der Waals surface area contributed by atoms with Crippen molar-refractivity contribution in [1.82, 2.24) is 37.2 Å². The van der Waals surface area contributed by atoms with Crippen molar-refractivity contribution in [3.8, 4) is 5.75 Å². The number of ketones is 2. The molecule has 1 aliphatic rings. The number of primary amides is 1. The van der Waals surface area contributed by atoms with Gasteiger partial charge in [0.05, 0.1) is 64.3 Å². The summed E-state index contributed by atoms with van der Waals surface area (Å²) in [7, 11) is 5.60. The van der Waals surface area contributed by atoms with Gasteiger partial charge in [-0.3, -0.25) is 48.5 Å². The van der Waals surface area contributed by atoms with Gasteiger partial charge < -0.3 is 66.8 Å². The van der Waals surface area contributed by atoms with Gasteiger partial charge in [0, 0.05) is 58.4 Å². The predicted molar refractivity (Wildman–Crippen MR) is 326 cm³/mol. The molecule has 0 saturated heterocycles. The molecule has 2 radical (unpaired) electrons. The highest BCUT2D eigenvalue weighted by atomic mass is 16.5. The van der Waals surface area contributed by atoms with Crippen LogP contribution in [-0.2, 0) is 68.5 Å². The first-order valence-corrected chi connectivity index (χ1v) is 31.8. The molecule has 0 aliphatic heterocycles. The van der Waals surface area contributed by atoms with Crippen molar-refractivity contribution in [2.24, 2.45) is 17.6 Å². The summed E-state index contributed by atoms with van der Waals surface area (Å²) in [5.74, 6) is -2.56. The molecule has 0 aromatic heterocycles. The minimum atomic E-state index is -0.787. The SMILES string of the molecule is [CH]N[C@@H](CCCCNC(=O)COCCOCCNC(=O)COCCOCCNC(=O)CCC(NC(=O)C1CCC(CNC(=O)CCCCCCCCCCCCCCCCCCC(=O)O)CC1)C(C)=O)C(=O)CN[C@@H](Cc1ccc(O)cc1)C(N)=O. The summed E-state index contributed by atoms with van der Waals surface area (Å²) in [4.78, 5) is 110. The van der Waals surface area contributed by atoms with Gasteiger partial charge in [0.15, 0.2) is 11.6 Å². The first-order chi connectivity index (χ1) is 41.6. The summed E-state index contributed by atoms with van der Waals surface area (Å²) < 4.78 is 21.6. The zero-order chi connectivity index (χ0) is 62.8. The van der Waals surface area contributed by atoms with Gasteiger partial charge in [-0.25, -0.2) is 0 Å². The zero-order valence-electron chi connectivity index (χ0n) is 51.5. The molecule has 11 N–H and O–H groups in total. The normalized spacial score (nSPS) is 15.0. The number of carbonyl (C=O) groups excluding carboxylic acids is 8. The molecule has 2 rings (SSSR count). The molecule has 1 aliphatic carbocycles. The fourth-order valence-electron chi connectivity index (χ4n) is 9.97. The van der Waals surface area contributed by atoms with Crippen molar-refractivity contribution < 1.29 is 72.3 Å². The highest BCUT2D eigenvalue weighted by Gasteiger charge is 2.29. The molecular formula is C63H106N8O15. The van der Waals surface area contributed by atoms with Crippen LogP contribution in [0.1, 0.15) is 186 Å². The van der Waals surface area contributed by atoms with Crippen LogP contribution < -0.4 is 43.0 Å². The highest BCUT2D eigenvalue weighted by Crippen LogP contribution is 2.29. The minimum absolute atomic E-state index is 0.0540. The van der Waals surface area contributed by atoms with Crippen molar-refractivity contribution in [1.29, 1.82) is 0 Å². The van der Waals surface area contributed by atoms with E-state index in [2.05, 4.69) is 37.2 Å². The topological polar surface area (TPSA) is 341 Å². The Hall–Kier alpha value is -5.59. The number of carboxylic acid groups (broad SMARTS) is 1. The maximum Gasteiger partial charge on any atom is 0.303 e. The molecule has 0 heterocycles. The number of nitrogens with one attached hydrogen (secondary N) is 7. The van der Waals surface area contributed by atoms with Gasteiger partial charge in [-0.1, -0.05) is 102 Å². The van der Waals surface area contributed by atoms with Crippen LogP contribution in [0.5, 0.6) is 5.75 Å². The smallest absolute Gasteiger partial charge is 0.303 e. The quantitative estimate of drug-likeness (QED) is 0.0302. The Morgan fingerprint density at radius 1 is 0.547 bits per heavy atom. The number of amides is 6. The Morgan fingerprint density at radius 3 is 1.55 bits per heavy atom. The third-order valence-corrected chi connectivity index (χ3v) is 15.2. The van der Waals surface area contributed by atoms with E-state index in [4.69, 9.17) is 36.8 Å². The van der Waals surface area contributed by atoms with Crippen molar-refractivity contribution in [3.05, 3.63) is 36.9 Å². The standard InChI is InChI=1S/C63H106N8O15/c1-48(72)53(71-63(82)51-28-24-50(25-29-51)44-70-57(75)22-17-15-13-11-9-7-5-3-4-6-8-10-12-14-16-18-23-61(79)80)32-33-58(76)67-35-37-83-39-42-86-47-60(78)68-36-38-84-40-41-85-46-59(77)66-34-20-19-21-54(65-2)56(74)45-69-55(62(64)81)43-49-26-30-52(73)31-27-49/h2,26-27,30-31,50-51,53-55,65,69,73H,3-25,28-29,32-47H2,1H3,(H2,64,81)(H,66,77)(H,67,76)(H,68,78)(H,70,75)(H,71,82)(H,79,80)/t50?,51?,53?,54-,55-/m0/s1. The monoisotopic (exact) mass is 1210 g/mol. The number of ether oxygens (including phenoxy) is 4. The van der Waals surface area contributed by atoms with Gasteiger partial charge >= 0.3 is 5.97 Å². The lowest BCUT2D eigenvalue weighted by molar-refractivity contribution is -0.137. The van der Waals surface area contributed by atoms with Crippen molar-refractivity contribution in [2.75, 3.05) is 85.6 Å². The van der Waals surface area contributed by atoms with Crippen LogP contribution in [0.15, 0.2) is 24.3 Å². The Bertz CT molecular complexity index is 2060. The third kappa shape index (κ3) is 41.5. The Morgan fingerprint density at radius 2 is 1.03 bits per heavy atom. The number of hydrogen-bond acceptors (Lipinski definition) is 16. The molecule has 1 aromatic rings. The van der Waals surface area contributed by atoms with Gasteiger partial charge in [-0.05, 0) is 101 Å². The number of unbranched alkanes of at least 4 members (excludes halogenated alkanes) is 16. The van der Waals surface area contributed by atoms with Crippen LogP contribution in [0, 0.1) is 18.9 Å². The molecule has 0 spiro atoms. The number of benzene rings is 1. The number of carboxylic acids is 1. The second-order valence-corrected chi connectivity index (χ2v) is 22.6. The molecule has 1 unspecified atom stereocenters. The van der Waals surface area contributed by atoms with Crippen LogP contribution in [0.25, 0.3) is 0 Å². The summed E-state index contributed by atoms with van der Waals surface area (Å²) in [5, 5.41) is 37.7. The summed E-state index contributed by atoms with van der Waals surface area (Å²) in [5.41, 5.74) is 6.27. The van der Waals surface area contributed by atoms with Crippen LogP contribution >= 0.6 is 0 Å². The summed E-state index contributed by atoms with van der Waals surface area (Å²) in [6, 6.07) is 4.13. The molecule has 1 fully saturated rings. The van der Waals surface area contributed by atoms with E-state index in [0.29, 0.717) is 64.0 Å². The lowest BCUT2D eigenvalue weighted by Gasteiger charge is -2.29. The Labute approximate surface area is 511 Å². The Balaban J connectivity index is 1.37. The molecule has 23 heteroatoms. The number of phenols is 1. The Kier molecular flexibility index (Phi) is 44.8. The fourth-order valence-corrected chi connectivity index (χ4v) is 9.97.